The molecule has 3 aromatic rings. The van der Waals surface area contributed by atoms with Crippen molar-refractivity contribution < 1.29 is 0 Å². The van der Waals surface area contributed by atoms with E-state index in [2.05, 4.69) is 55.8 Å². The van der Waals surface area contributed by atoms with Crippen LogP contribution in [0.1, 0.15) is 12.6 Å². The van der Waals surface area contributed by atoms with Gasteiger partial charge >= 0.3 is 0 Å². The monoisotopic (exact) mass is 396 g/mol. The highest BCUT2D eigenvalue weighted by Crippen LogP contribution is 2.27. The van der Waals surface area contributed by atoms with Crippen LogP contribution in [0.3, 0.4) is 0 Å². The minimum absolute atomic E-state index is 0.724. The summed E-state index contributed by atoms with van der Waals surface area (Å²) in [5.41, 5.74) is 2.96. The fourth-order valence-corrected chi connectivity index (χ4v) is 3.15. The fraction of sp³-hybridized carbons (Fsp3) is 0.214. The molecule has 0 spiro atoms. The molecule has 3 aromatic heterocycles. The van der Waals surface area contributed by atoms with Crippen LogP contribution in [-0.4, -0.2) is 21.5 Å². The topological polar surface area (TPSA) is 50.7 Å². The van der Waals surface area contributed by atoms with Crippen molar-refractivity contribution in [2.24, 2.45) is 0 Å². The van der Waals surface area contributed by atoms with Crippen LogP contribution in [0.15, 0.2) is 23.7 Å². The molecule has 6 heteroatoms. The summed E-state index contributed by atoms with van der Waals surface area (Å²) in [4.78, 5) is 13.7. The number of rotatable bonds is 3. The maximum absolute atomic E-state index is 4.62. The minimum atomic E-state index is 0.724. The van der Waals surface area contributed by atoms with Gasteiger partial charge in [-0.25, -0.2) is 9.97 Å². The van der Waals surface area contributed by atoms with Gasteiger partial charge in [-0.05, 0) is 54.0 Å². The number of anilines is 1. The Morgan fingerprint density at radius 2 is 2.20 bits per heavy atom. The Bertz CT molecular complexity index is 769. The lowest BCUT2D eigenvalue weighted by atomic mass is 10.2. The highest BCUT2D eigenvalue weighted by molar-refractivity contribution is 14.1. The van der Waals surface area contributed by atoms with E-state index in [-0.39, 0.29) is 0 Å². The molecule has 0 fully saturated rings. The summed E-state index contributed by atoms with van der Waals surface area (Å²) in [5.74, 6) is 1.61. The molecular weight excluding hydrogens is 383 g/mol. The maximum Gasteiger partial charge on any atom is 0.163 e. The van der Waals surface area contributed by atoms with Crippen LogP contribution in [0, 0.1) is 10.5 Å². The Labute approximate surface area is 134 Å². The Hall–Kier alpha value is -1.28. The molecule has 0 amide bonds. The first-order chi connectivity index (χ1) is 9.69. The Morgan fingerprint density at radius 3 is 3.00 bits per heavy atom. The molecular formula is C14H13IN4S. The number of nitrogens with one attached hydrogen (secondary N) is 1. The third-order valence-electron chi connectivity index (χ3n) is 2.92. The molecule has 0 aromatic carbocycles. The summed E-state index contributed by atoms with van der Waals surface area (Å²) in [6.07, 6.45) is 1.84. The molecule has 0 unspecified atom stereocenters. The van der Waals surface area contributed by atoms with Crippen molar-refractivity contribution in [1.29, 1.82) is 0 Å². The van der Waals surface area contributed by atoms with E-state index in [1.54, 1.807) is 11.3 Å². The van der Waals surface area contributed by atoms with Crippen LogP contribution in [-0.2, 0) is 0 Å². The van der Waals surface area contributed by atoms with Gasteiger partial charge in [0.25, 0.3) is 0 Å². The maximum atomic E-state index is 4.62. The predicted octanol–water partition coefficient (Wildman–Crippen LogP) is 4.10. The lowest BCUT2D eigenvalue weighted by molar-refractivity contribution is 1.06. The fourth-order valence-electron chi connectivity index (χ4n) is 1.94. The summed E-state index contributed by atoms with van der Waals surface area (Å²) in [6, 6.07) is 4.12. The molecule has 20 heavy (non-hydrogen) atoms. The summed E-state index contributed by atoms with van der Waals surface area (Å²) < 4.78 is 2.23. The molecule has 0 saturated carbocycles. The van der Waals surface area contributed by atoms with Crippen LogP contribution in [0.4, 0.5) is 5.82 Å². The van der Waals surface area contributed by atoms with E-state index in [1.807, 2.05) is 24.6 Å². The molecule has 3 heterocycles. The Kier molecular flexibility index (Phi) is 3.84. The van der Waals surface area contributed by atoms with Gasteiger partial charge in [0.2, 0.25) is 0 Å². The van der Waals surface area contributed by atoms with Crippen molar-refractivity contribution in [2.45, 2.75) is 13.8 Å². The molecule has 0 radical (unpaired) electrons. The quantitative estimate of drug-likeness (QED) is 0.678. The van der Waals surface area contributed by atoms with Gasteiger partial charge < -0.3 is 5.32 Å². The Morgan fingerprint density at radius 1 is 1.35 bits per heavy atom. The second kappa shape index (κ2) is 5.61. The third-order valence-corrected chi connectivity index (χ3v) is 5.07. The van der Waals surface area contributed by atoms with E-state index in [4.69, 9.17) is 0 Å². The van der Waals surface area contributed by atoms with E-state index in [1.165, 1.54) is 0 Å². The van der Waals surface area contributed by atoms with Gasteiger partial charge in [0.1, 0.15) is 5.82 Å². The first-order valence-corrected chi connectivity index (χ1v) is 8.26. The van der Waals surface area contributed by atoms with Crippen LogP contribution in [0.2, 0.25) is 0 Å². The van der Waals surface area contributed by atoms with Gasteiger partial charge in [0.05, 0.1) is 19.5 Å². The van der Waals surface area contributed by atoms with Gasteiger partial charge in [-0.3, -0.25) is 4.98 Å². The van der Waals surface area contributed by atoms with Gasteiger partial charge in [0.15, 0.2) is 5.82 Å². The molecule has 4 nitrogen and oxygen atoms in total. The van der Waals surface area contributed by atoms with Gasteiger partial charge in [-0.2, -0.15) is 0 Å². The highest BCUT2D eigenvalue weighted by atomic mass is 127. The number of halogens is 1. The Balaban J connectivity index is 2.12. The zero-order valence-electron chi connectivity index (χ0n) is 11.1. The number of hydrogen-bond acceptors (Lipinski definition) is 5. The van der Waals surface area contributed by atoms with Crippen molar-refractivity contribution in [2.75, 3.05) is 11.9 Å². The first-order valence-electron chi connectivity index (χ1n) is 6.30. The largest absolute Gasteiger partial charge is 0.369 e. The van der Waals surface area contributed by atoms with E-state index >= 15 is 0 Å². The van der Waals surface area contributed by atoms with E-state index in [9.17, 15) is 0 Å². The number of hydrogen-bond donors (Lipinski definition) is 1. The first kappa shape index (κ1) is 13.7. The standard InChI is InChI=1S/C14H13IN4S/c1-3-16-14-12(15)8(2)18-13(19-14)9-6-11-10(17-7-9)4-5-20-11/h4-7H,3H2,1-2H3,(H,16,18,19). The number of aryl methyl sites for hydroxylation is 1. The summed E-state index contributed by atoms with van der Waals surface area (Å²) in [6.45, 7) is 4.91. The van der Waals surface area contributed by atoms with Gasteiger partial charge in [-0.15, -0.1) is 11.3 Å². The lowest BCUT2D eigenvalue weighted by Gasteiger charge is -2.10. The van der Waals surface area contributed by atoms with Crippen LogP contribution in [0.25, 0.3) is 21.6 Å². The average molecular weight is 396 g/mol. The number of thiophene rings is 1. The van der Waals surface area contributed by atoms with Crippen LogP contribution in [0.5, 0.6) is 0 Å². The summed E-state index contributed by atoms with van der Waals surface area (Å²) in [5, 5.41) is 5.33. The smallest absolute Gasteiger partial charge is 0.163 e. The van der Waals surface area contributed by atoms with Gasteiger partial charge in [-0.1, -0.05) is 0 Å². The number of nitrogens with zero attached hydrogens (tertiary/aromatic N) is 3. The second-order valence-electron chi connectivity index (χ2n) is 4.35. The molecule has 0 atom stereocenters. The zero-order valence-corrected chi connectivity index (χ0v) is 14.1. The molecule has 0 bridgehead atoms. The molecule has 0 aliphatic heterocycles. The SMILES string of the molecule is CCNc1nc(-c2cnc3ccsc3c2)nc(C)c1I. The van der Waals surface area contributed by atoms with Crippen molar-refractivity contribution in [3.05, 3.63) is 33.0 Å². The van der Waals surface area contributed by atoms with Crippen LogP contribution >= 0.6 is 33.9 Å². The molecule has 0 aliphatic rings. The van der Waals surface area contributed by atoms with E-state index in [0.717, 1.165) is 43.2 Å². The summed E-state index contributed by atoms with van der Waals surface area (Å²) >= 11 is 3.96. The normalized spacial score (nSPS) is 10.9. The number of aromatic nitrogens is 3. The minimum Gasteiger partial charge on any atom is -0.369 e. The van der Waals surface area contributed by atoms with Gasteiger partial charge in [0, 0.05) is 18.3 Å². The third kappa shape index (κ3) is 2.49. The predicted molar refractivity (Wildman–Crippen MR) is 92.3 cm³/mol. The molecule has 0 saturated heterocycles. The number of pyridine rings is 1. The second-order valence-corrected chi connectivity index (χ2v) is 6.38. The van der Waals surface area contributed by atoms with Crippen molar-refractivity contribution in [3.63, 3.8) is 0 Å². The van der Waals surface area contributed by atoms with Crippen molar-refractivity contribution in [3.8, 4) is 11.4 Å². The average Bonchev–Trinajstić information content (AvgIpc) is 2.91. The summed E-state index contributed by atoms with van der Waals surface area (Å²) in [7, 11) is 0. The lowest BCUT2D eigenvalue weighted by Crippen LogP contribution is -2.06. The molecule has 1 N–H and O–H groups in total. The van der Waals surface area contributed by atoms with E-state index in [0.29, 0.717) is 0 Å². The van der Waals surface area contributed by atoms with E-state index < -0.39 is 0 Å². The highest BCUT2D eigenvalue weighted by Gasteiger charge is 2.11. The van der Waals surface area contributed by atoms with Crippen molar-refractivity contribution in [1.82, 2.24) is 15.0 Å². The molecule has 3 rings (SSSR count). The zero-order chi connectivity index (χ0) is 14.1. The molecule has 0 aliphatic carbocycles. The van der Waals surface area contributed by atoms with Crippen molar-refractivity contribution >= 4 is 50.0 Å². The molecule has 102 valence electrons. The number of fused-ring (bicyclic) bond motifs is 1. The van der Waals surface area contributed by atoms with Crippen LogP contribution < -0.4 is 5.32 Å².